The van der Waals surface area contributed by atoms with E-state index < -0.39 is 0 Å². The standard InChI is InChI=1S/C12H11N3/c1-9(7-13)11-8-14-12(15-11)10-5-3-2-4-6-10/h2-6,8-9H,1H3,(H,14,15)/t9-/m1/s1. The summed E-state index contributed by atoms with van der Waals surface area (Å²) in [5, 5.41) is 8.77. The van der Waals surface area contributed by atoms with Gasteiger partial charge < -0.3 is 4.98 Å². The molecule has 2 rings (SSSR count). The molecule has 74 valence electrons. The minimum atomic E-state index is -0.144. The normalized spacial score (nSPS) is 12.0. The first kappa shape index (κ1) is 9.47. The lowest BCUT2D eigenvalue weighted by Gasteiger charge is -1.97. The van der Waals surface area contributed by atoms with Crippen molar-refractivity contribution in [3.63, 3.8) is 0 Å². The largest absolute Gasteiger partial charge is 0.341 e. The fourth-order valence-corrected chi connectivity index (χ4v) is 1.37. The summed E-state index contributed by atoms with van der Waals surface area (Å²) >= 11 is 0. The van der Waals surface area contributed by atoms with E-state index in [1.807, 2.05) is 37.3 Å². The smallest absolute Gasteiger partial charge is 0.137 e. The second-order valence-electron chi connectivity index (χ2n) is 3.40. The highest BCUT2D eigenvalue weighted by Crippen LogP contribution is 2.18. The summed E-state index contributed by atoms with van der Waals surface area (Å²) in [6, 6.07) is 12.0. The molecule has 0 spiro atoms. The molecule has 0 unspecified atom stereocenters. The Labute approximate surface area is 88.4 Å². The van der Waals surface area contributed by atoms with Gasteiger partial charge >= 0.3 is 0 Å². The van der Waals surface area contributed by atoms with Crippen molar-refractivity contribution in [2.45, 2.75) is 12.8 Å². The number of nitriles is 1. The number of nitrogens with zero attached hydrogens (tertiary/aromatic N) is 2. The van der Waals surface area contributed by atoms with E-state index >= 15 is 0 Å². The first-order valence-corrected chi connectivity index (χ1v) is 4.81. The molecule has 0 amide bonds. The highest BCUT2D eigenvalue weighted by atomic mass is 14.9. The fraction of sp³-hybridized carbons (Fsp3) is 0.167. The van der Waals surface area contributed by atoms with Crippen LogP contribution in [-0.4, -0.2) is 9.97 Å². The Balaban J connectivity index is 2.33. The second kappa shape index (κ2) is 3.97. The van der Waals surface area contributed by atoms with E-state index in [9.17, 15) is 0 Å². The molecule has 0 saturated carbocycles. The van der Waals surface area contributed by atoms with Gasteiger partial charge in [0.25, 0.3) is 0 Å². The second-order valence-corrected chi connectivity index (χ2v) is 3.40. The van der Waals surface area contributed by atoms with Gasteiger partial charge in [0.05, 0.1) is 17.7 Å². The van der Waals surface area contributed by atoms with Gasteiger partial charge in [0, 0.05) is 11.8 Å². The van der Waals surface area contributed by atoms with Crippen molar-refractivity contribution in [3.05, 3.63) is 42.2 Å². The third kappa shape index (κ3) is 1.89. The van der Waals surface area contributed by atoms with E-state index in [0.29, 0.717) is 0 Å². The van der Waals surface area contributed by atoms with Crippen molar-refractivity contribution in [1.82, 2.24) is 9.97 Å². The molecule has 0 radical (unpaired) electrons. The average Bonchev–Trinajstić information content (AvgIpc) is 2.78. The van der Waals surface area contributed by atoms with Crippen LogP contribution in [0, 0.1) is 11.3 Å². The Hall–Kier alpha value is -2.08. The lowest BCUT2D eigenvalue weighted by atomic mass is 10.1. The van der Waals surface area contributed by atoms with Crippen LogP contribution in [0.4, 0.5) is 0 Å². The van der Waals surface area contributed by atoms with Gasteiger partial charge in [-0.1, -0.05) is 30.3 Å². The van der Waals surface area contributed by atoms with Crippen LogP contribution < -0.4 is 0 Å². The third-order valence-corrected chi connectivity index (χ3v) is 2.30. The van der Waals surface area contributed by atoms with Crippen LogP contribution in [-0.2, 0) is 0 Å². The molecule has 1 aromatic carbocycles. The molecule has 15 heavy (non-hydrogen) atoms. The molecule has 0 aliphatic heterocycles. The lowest BCUT2D eigenvalue weighted by Crippen LogP contribution is -1.88. The van der Waals surface area contributed by atoms with Crippen molar-refractivity contribution in [3.8, 4) is 17.5 Å². The molecule has 0 aliphatic carbocycles. The number of H-pyrrole nitrogens is 1. The van der Waals surface area contributed by atoms with Crippen LogP contribution in [0.15, 0.2) is 36.5 Å². The summed E-state index contributed by atoms with van der Waals surface area (Å²) in [7, 11) is 0. The number of hydrogen-bond donors (Lipinski definition) is 1. The zero-order valence-corrected chi connectivity index (χ0v) is 8.44. The molecule has 1 atom stereocenters. The van der Waals surface area contributed by atoms with Crippen molar-refractivity contribution in [1.29, 1.82) is 5.26 Å². The summed E-state index contributed by atoms with van der Waals surface area (Å²) in [5.74, 6) is 0.669. The number of hydrogen-bond acceptors (Lipinski definition) is 2. The summed E-state index contributed by atoms with van der Waals surface area (Å²) in [4.78, 5) is 7.40. The van der Waals surface area contributed by atoms with Gasteiger partial charge in [-0.25, -0.2) is 4.98 Å². The van der Waals surface area contributed by atoms with Gasteiger partial charge in [-0.15, -0.1) is 0 Å². The number of imidazole rings is 1. The van der Waals surface area contributed by atoms with Crippen molar-refractivity contribution in [2.75, 3.05) is 0 Å². The SMILES string of the molecule is C[C@H](C#N)c1cnc(-c2ccccc2)[nH]1. The van der Waals surface area contributed by atoms with Crippen molar-refractivity contribution >= 4 is 0 Å². The van der Waals surface area contributed by atoms with E-state index in [-0.39, 0.29) is 5.92 Å². The van der Waals surface area contributed by atoms with Crippen LogP contribution in [0.25, 0.3) is 11.4 Å². The number of rotatable bonds is 2. The molecule has 1 heterocycles. The van der Waals surface area contributed by atoms with Crippen LogP contribution >= 0.6 is 0 Å². The highest BCUT2D eigenvalue weighted by Gasteiger charge is 2.08. The van der Waals surface area contributed by atoms with Gasteiger partial charge in [-0.3, -0.25) is 0 Å². The van der Waals surface area contributed by atoms with E-state index in [2.05, 4.69) is 16.0 Å². The van der Waals surface area contributed by atoms with Crippen molar-refractivity contribution in [2.24, 2.45) is 0 Å². The molecule has 2 aromatic rings. The minimum absolute atomic E-state index is 0.144. The van der Waals surface area contributed by atoms with Gasteiger partial charge in [0.1, 0.15) is 5.82 Å². The van der Waals surface area contributed by atoms with E-state index in [0.717, 1.165) is 17.1 Å². The van der Waals surface area contributed by atoms with Crippen molar-refractivity contribution < 1.29 is 0 Å². The Kier molecular flexibility index (Phi) is 2.51. The summed E-state index contributed by atoms with van der Waals surface area (Å²) in [6.07, 6.45) is 1.72. The highest BCUT2D eigenvalue weighted by molar-refractivity contribution is 5.54. The summed E-state index contributed by atoms with van der Waals surface area (Å²) in [5.41, 5.74) is 1.89. The molecule has 0 saturated heterocycles. The predicted octanol–water partition coefficient (Wildman–Crippen LogP) is 2.70. The van der Waals surface area contributed by atoms with Gasteiger partial charge in [0.2, 0.25) is 0 Å². The molecular formula is C12H11N3. The molecule has 3 heteroatoms. The Bertz CT molecular complexity index is 479. The zero-order chi connectivity index (χ0) is 10.7. The Morgan fingerprint density at radius 1 is 1.33 bits per heavy atom. The van der Waals surface area contributed by atoms with E-state index in [1.165, 1.54) is 0 Å². The molecule has 1 N–H and O–H groups in total. The minimum Gasteiger partial charge on any atom is -0.341 e. The Morgan fingerprint density at radius 3 is 2.73 bits per heavy atom. The molecular weight excluding hydrogens is 186 g/mol. The Morgan fingerprint density at radius 2 is 2.07 bits per heavy atom. The molecule has 1 aromatic heterocycles. The van der Waals surface area contributed by atoms with Crippen LogP contribution in [0.1, 0.15) is 18.5 Å². The number of aromatic amines is 1. The number of nitrogens with one attached hydrogen (secondary N) is 1. The maximum absolute atomic E-state index is 8.77. The first-order chi connectivity index (χ1) is 7.31. The van der Waals surface area contributed by atoms with Gasteiger partial charge in [-0.05, 0) is 6.92 Å². The molecule has 0 fully saturated rings. The zero-order valence-electron chi connectivity index (χ0n) is 8.44. The fourth-order valence-electron chi connectivity index (χ4n) is 1.37. The molecule has 0 bridgehead atoms. The first-order valence-electron chi connectivity index (χ1n) is 4.81. The lowest BCUT2D eigenvalue weighted by molar-refractivity contribution is 0.936. The monoisotopic (exact) mass is 197 g/mol. The third-order valence-electron chi connectivity index (χ3n) is 2.30. The number of benzene rings is 1. The summed E-state index contributed by atoms with van der Waals surface area (Å²) in [6.45, 7) is 1.85. The van der Waals surface area contributed by atoms with Crippen LogP contribution in [0.5, 0.6) is 0 Å². The quantitative estimate of drug-likeness (QED) is 0.804. The molecule has 0 aliphatic rings. The van der Waals surface area contributed by atoms with Crippen LogP contribution in [0.3, 0.4) is 0 Å². The predicted molar refractivity (Wildman–Crippen MR) is 58.1 cm³/mol. The van der Waals surface area contributed by atoms with Gasteiger partial charge in [0.15, 0.2) is 0 Å². The summed E-state index contributed by atoms with van der Waals surface area (Å²) < 4.78 is 0. The van der Waals surface area contributed by atoms with Crippen LogP contribution in [0.2, 0.25) is 0 Å². The van der Waals surface area contributed by atoms with E-state index in [4.69, 9.17) is 5.26 Å². The number of aromatic nitrogens is 2. The maximum Gasteiger partial charge on any atom is 0.137 e. The topological polar surface area (TPSA) is 52.5 Å². The average molecular weight is 197 g/mol. The van der Waals surface area contributed by atoms with Gasteiger partial charge in [-0.2, -0.15) is 5.26 Å². The van der Waals surface area contributed by atoms with E-state index in [1.54, 1.807) is 6.20 Å². The molecule has 3 nitrogen and oxygen atoms in total. The maximum atomic E-state index is 8.77.